The predicted octanol–water partition coefficient (Wildman–Crippen LogP) is 0.216. The minimum absolute atomic E-state index is 0.0190. The largest absolute Gasteiger partial charge is 0.330 e. The molecule has 0 saturated heterocycles. The Morgan fingerprint density at radius 1 is 1.23 bits per heavy atom. The number of sulfonamides is 1. The molecule has 22 heavy (non-hydrogen) atoms. The molecule has 1 aromatic heterocycles. The highest BCUT2D eigenvalue weighted by Crippen LogP contribution is 2.11. The molecular weight excluding hydrogens is 330 g/mol. The topological polar surface area (TPSA) is 90.2 Å². The second kappa shape index (κ2) is 6.07. The molecule has 0 atom stereocenters. The van der Waals surface area contributed by atoms with Gasteiger partial charge in [0.15, 0.2) is 4.90 Å². The van der Waals surface area contributed by atoms with Crippen molar-refractivity contribution in [2.75, 3.05) is 0 Å². The zero-order valence-electron chi connectivity index (χ0n) is 11.9. The molecule has 0 amide bonds. The Morgan fingerprint density at radius 3 is 2.55 bits per heavy atom. The second-order valence-electron chi connectivity index (χ2n) is 4.71. The molecule has 0 saturated carbocycles. The molecule has 0 bridgehead atoms. The van der Waals surface area contributed by atoms with Crippen LogP contribution < -0.4 is 16.0 Å². The standard InChI is InChI=1S/C13H14ClN3O4S/c1-16-8-11(12(18)17(2)13(16)19)22(20,21)15-7-9-4-3-5-10(14)6-9/h3-6,8,15H,7H2,1-2H3. The summed E-state index contributed by atoms with van der Waals surface area (Å²) in [6.07, 6.45) is 1.00. The van der Waals surface area contributed by atoms with Gasteiger partial charge in [0.25, 0.3) is 5.56 Å². The molecule has 118 valence electrons. The number of nitrogens with one attached hydrogen (secondary N) is 1. The Hall–Kier alpha value is -1.90. The molecule has 0 radical (unpaired) electrons. The molecule has 0 unspecified atom stereocenters. The Labute approximate surface area is 131 Å². The quantitative estimate of drug-likeness (QED) is 0.859. The van der Waals surface area contributed by atoms with Crippen LogP contribution in [0, 0.1) is 0 Å². The third-order valence-corrected chi connectivity index (χ3v) is 4.68. The van der Waals surface area contributed by atoms with Gasteiger partial charge in [-0.2, -0.15) is 0 Å². The number of nitrogens with zero attached hydrogens (tertiary/aromatic N) is 2. The Morgan fingerprint density at radius 2 is 1.91 bits per heavy atom. The van der Waals surface area contributed by atoms with Gasteiger partial charge in [-0.05, 0) is 17.7 Å². The van der Waals surface area contributed by atoms with Gasteiger partial charge in [0.2, 0.25) is 10.0 Å². The van der Waals surface area contributed by atoms with E-state index in [9.17, 15) is 18.0 Å². The lowest BCUT2D eigenvalue weighted by Crippen LogP contribution is -2.41. The molecule has 0 aliphatic heterocycles. The molecule has 2 aromatic rings. The van der Waals surface area contributed by atoms with Gasteiger partial charge in [-0.1, -0.05) is 23.7 Å². The van der Waals surface area contributed by atoms with Crippen LogP contribution >= 0.6 is 11.6 Å². The van der Waals surface area contributed by atoms with Crippen molar-refractivity contribution in [3.05, 3.63) is 61.9 Å². The van der Waals surface area contributed by atoms with Crippen LogP contribution in [0.15, 0.2) is 44.9 Å². The summed E-state index contributed by atoms with van der Waals surface area (Å²) in [5.41, 5.74) is -0.821. The van der Waals surface area contributed by atoms with Crippen LogP contribution in [-0.2, 0) is 30.7 Å². The van der Waals surface area contributed by atoms with E-state index in [4.69, 9.17) is 11.6 Å². The fraction of sp³-hybridized carbons (Fsp3) is 0.231. The van der Waals surface area contributed by atoms with E-state index in [-0.39, 0.29) is 6.54 Å². The number of benzene rings is 1. The van der Waals surface area contributed by atoms with Gasteiger partial charge < -0.3 is 4.57 Å². The zero-order valence-corrected chi connectivity index (χ0v) is 13.5. The lowest BCUT2D eigenvalue weighted by Gasteiger charge is -2.09. The summed E-state index contributed by atoms with van der Waals surface area (Å²) >= 11 is 5.83. The maximum absolute atomic E-state index is 12.3. The molecule has 2 rings (SSSR count). The van der Waals surface area contributed by atoms with Crippen LogP contribution in [0.4, 0.5) is 0 Å². The summed E-state index contributed by atoms with van der Waals surface area (Å²) < 4.78 is 28.6. The Balaban J connectivity index is 2.36. The van der Waals surface area contributed by atoms with E-state index in [0.29, 0.717) is 10.6 Å². The van der Waals surface area contributed by atoms with Crippen molar-refractivity contribution in [3.63, 3.8) is 0 Å². The molecule has 9 heteroatoms. The van der Waals surface area contributed by atoms with Crippen molar-refractivity contribution in [2.45, 2.75) is 11.4 Å². The molecule has 0 spiro atoms. The summed E-state index contributed by atoms with van der Waals surface area (Å²) in [5, 5.41) is 0.481. The zero-order chi connectivity index (χ0) is 16.5. The molecule has 1 N–H and O–H groups in total. The number of aryl methyl sites for hydroxylation is 1. The smallest absolute Gasteiger partial charge is 0.302 e. The third kappa shape index (κ3) is 3.29. The first kappa shape index (κ1) is 16.5. The van der Waals surface area contributed by atoms with Crippen LogP contribution in [0.5, 0.6) is 0 Å². The molecule has 0 aliphatic rings. The molecule has 1 heterocycles. The van der Waals surface area contributed by atoms with Crippen molar-refractivity contribution >= 4 is 21.6 Å². The number of hydrogen-bond donors (Lipinski definition) is 1. The van der Waals surface area contributed by atoms with Crippen molar-refractivity contribution < 1.29 is 8.42 Å². The van der Waals surface area contributed by atoms with Crippen molar-refractivity contribution in [3.8, 4) is 0 Å². The van der Waals surface area contributed by atoms with E-state index in [0.717, 1.165) is 15.3 Å². The van der Waals surface area contributed by atoms with Gasteiger partial charge in [0.05, 0.1) is 0 Å². The van der Waals surface area contributed by atoms with Crippen molar-refractivity contribution in [2.24, 2.45) is 14.1 Å². The van der Waals surface area contributed by atoms with Crippen LogP contribution in [-0.4, -0.2) is 17.6 Å². The highest BCUT2D eigenvalue weighted by molar-refractivity contribution is 7.89. The SMILES string of the molecule is Cn1cc(S(=O)(=O)NCc2cccc(Cl)c2)c(=O)n(C)c1=O. The molecule has 7 nitrogen and oxygen atoms in total. The number of rotatable bonds is 4. The minimum Gasteiger partial charge on any atom is -0.302 e. The summed E-state index contributed by atoms with van der Waals surface area (Å²) in [6, 6.07) is 6.68. The van der Waals surface area contributed by atoms with Gasteiger partial charge in [-0.25, -0.2) is 17.9 Å². The predicted molar refractivity (Wildman–Crippen MR) is 82.4 cm³/mol. The fourth-order valence-electron chi connectivity index (χ4n) is 1.86. The monoisotopic (exact) mass is 343 g/mol. The normalized spacial score (nSPS) is 11.6. The number of aromatic nitrogens is 2. The maximum Gasteiger partial charge on any atom is 0.330 e. The summed E-state index contributed by atoms with van der Waals surface area (Å²) in [7, 11) is -1.45. The van der Waals surface area contributed by atoms with Crippen LogP contribution in [0.25, 0.3) is 0 Å². The van der Waals surface area contributed by atoms with E-state index in [2.05, 4.69) is 4.72 Å². The molecular formula is C13H14ClN3O4S. The summed E-state index contributed by atoms with van der Waals surface area (Å²) in [4.78, 5) is 23.1. The first-order valence-corrected chi connectivity index (χ1v) is 8.09. The van der Waals surface area contributed by atoms with Gasteiger partial charge >= 0.3 is 5.69 Å². The molecule has 0 aliphatic carbocycles. The first-order valence-electron chi connectivity index (χ1n) is 6.23. The van der Waals surface area contributed by atoms with Gasteiger partial charge in [0.1, 0.15) is 0 Å². The maximum atomic E-state index is 12.3. The van der Waals surface area contributed by atoms with E-state index in [1.54, 1.807) is 24.3 Å². The van der Waals surface area contributed by atoms with Crippen LogP contribution in [0.1, 0.15) is 5.56 Å². The Bertz CT molecular complexity index is 931. The van der Waals surface area contributed by atoms with E-state index < -0.39 is 26.2 Å². The average molecular weight is 344 g/mol. The fourth-order valence-corrected chi connectivity index (χ4v) is 3.25. The lowest BCUT2D eigenvalue weighted by molar-refractivity contribution is 0.570. The van der Waals surface area contributed by atoms with Crippen LogP contribution in [0.2, 0.25) is 5.02 Å². The van der Waals surface area contributed by atoms with Gasteiger partial charge in [-0.15, -0.1) is 0 Å². The summed E-state index contributed by atoms with van der Waals surface area (Å²) in [5.74, 6) is 0. The average Bonchev–Trinajstić information content (AvgIpc) is 2.47. The Kier molecular flexibility index (Phi) is 4.55. The second-order valence-corrected chi connectivity index (χ2v) is 6.88. The van der Waals surface area contributed by atoms with E-state index in [1.807, 2.05) is 0 Å². The molecule has 0 fully saturated rings. The summed E-state index contributed by atoms with van der Waals surface area (Å²) in [6.45, 7) is -0.0190. The van der Waals surface area contributed by atoms with Gasteiger partial charge in [-0.3, -0.25) is 9.36 Å². The first-order chi connectivity index (χ1) is 10.2. The van der Waals surface area contributed by atoms with E-state index in [1.165, 1.54) is 14.1 Å². The lowest BCUT2D eigenvalue weighted by atomic mass is 10.2. The molecule has 1 aromatic carbocycles. The van der Waals surface area contributed by atoms with E-state index >= 15 is 0 Å². The van der Waals surface area contributed by atoms with Crippen molar-refractivity contribution in [1.82, 2.24) is 13.9 Å². The minimum atomic E-state index is -4.05. The van der Waals surface area contributed by atoms with Gasteiger partial charge in [0, 0.05) is 31.9 Å². The highest BCUT2D eigenvalue weighted by Gasteiger charge is 2.21. The number of halogens is 1. The van der Waals surface area contributed by atoms with Crippen LogP contribution in [0.3, 0.4) is 0 Å². The third-order valence-electron chi connectivity index (χ3n) is 3.06. The number of hydrogen-bond acceptors (Lipinski definition) is 4. The highest BCUT2D eigenvalue weighted by atomic mass is 35.5. The van der Waals surface area contributed by atoms with Crippen molar-refractivity contribution in [1.29, 1.82) is 0 Å².